The molecule has 0 N–H and O–H groups in total. The van der Waals surface area contributed by atoms with Crippen molar-refractivity contribution in [2.45, 2.75) is 12.3 Å². The standard InChI is InChI=1S/C11H14BrFO2/c1-2-14-5-6-15-11-4-3-10(13)7-9(11)8-12/h3-4,7H,2,5-6,8H2,1H3. The van der Waals surface area contributed by atoms with Gasteiger partial charge in [-0.05, 0) is 25.1 Å². The Morgan fingerprint density at radius 2 is 2.13 bits per heavy atom. The lowest BCUT2D eigenvalue weighted by Gasteiger charge is -2.09. The highest BCUT2D eigenvalue weighted by atomic mass is 79.9. The Balaban J connectivity index is 2.52. The monoisotopic (exact) mass is 276 g/mol. The van der Waals surface area contributed by atoms with Crippen molar-refractivity contribution in [3.05, 3.63) is 29.6 Å². The van der Waals surface area contributed by atoms with Crippen LogP contribution in [0.1, 0.15) is 12.5 Å². The average molecular weight is 277 g/mol. The zero-order chi connectivity index (χ0) is 11.1. The number of halogens is 2. The molecule has 15 heavy (non-hydrogen) atoms. The summed E-state index contributed by atoms with van der Waals surface area (Å²) < 4.78 is 23.5. The Morgan fingerprint density at radius 1 is 1.33 bits per heavy atom. The molecule has 84 valence electrons. The average Bonchev–Trinajstić information content (AvgIpc) is 2.26. The van der Waals surface area contributed by atoms with Gasteiger partial charge in [0.05, 0.1) is 6.61 Å². The molecule has 0 amide bonds. The van der Waals surface area contributed by atoms with Crippen LogP contribution in [0, 0.1) is 5.82 Å². The largest absolute Gasteiger partial charge is 0.491 e. The number of ether oxygens (including phenoxy) is 2. The zero-order valence-electron chi connectivity index (χ0n) is 8.63. The van der Waals surface area contributed by atoms with Gasteiger partial charge in [-0.25, -0.2) is 4.39 Å². The van der Waals surface area contributed by atoms with Gasteiger partial charge >= 0.3 is 0 Å². The lowest BCUT2D eigenvalue weighted by atomic mass is 10.2. The van der Waals surface area contributed by atoms with Crippen molar-refractivity contribution in [2.75, 3.05) is 19.8 Å². The summed E-state index contributed by atoms with van der Waals surface area (Å²) in [6.45, 7) is 3.65. The molecule has 0 fully saturated rings. The SMILES string of the molecule is CCOCCOc1ccc(F)cc1CBr. The molecule has 0 aromatic heterocycles. The summed E-state index contributed by atoms with van der Waals surface area (Å²) in [5, 5.41) is 0.578. The molecule has 0 aliphatic heterocycles. The van der Waals surface area contributed by atoms with Crippen molar-refractivity contribution in [3.8, 4) is 5.75 Å². The van der Waals surface area contributed by atoms with Gasteiger partial charge in [0.1, 0.15) is 18.2 Å². The third-order valence-corrected chi connectivity index (χ3v) is 2.46. The summed E-state index contributed by atoms with van der Waals surface area (Å²) in [6.07, 6.45) is 0. The van der Waals surface area contributed by atoms with Gasteiger partial charge in [-0.1, -0.05) is 15.9 Å². The van der Waals surface area contributed by atoms with Gasteiger partial charge in [0.15, 0.2) is 0 Å². The van der Waals surface area contributed by atoms with Crippen LogP contribution < -0.4 is 4.74 Å². The smallest absolute Gasteiger partial charge is 0.123 e. The minimum Gasteiger partial charge on any atom is -0.491 e. The topological polar surface area (TPSA) is 18.5 Å². The number of benzene rings is 1. The Morgan fingerprint density at radius 3 is 2.80 bits per heavy atom. The summed E-state index contributed by atoms with van der Waals surface area (Å²) in [6, 6.07) is 4.49. The molecular weight excluding hydrogens is 263 g/mol. The summed E-state index contributed by atoms with van der Waals surface area (Å²) in [7, 11) is 0. The maximum absolute atomic E-state index is 12.9. The summed E-state index contributed by atoms with van der Waals surface area (Å²) in [5.74, 6) is 0.453. The fourth-order valence-electron chi connectivity index (χ4n) is 1.15. The minimum atomic E-state index is -0.249. The molecule has 1 aromatic carbocycles. The Labute approximate surface area is 97.5 Å². The first-order valence-electron chi connectivity index (χ1n) is 4.83. The Bertz CT molecular complexity index is 305. The van der Waals surface area contributed by atoms with Crippen molar-refractivity contribution >= 4 is 15.9 Å². The van der Waals surface area contributed by atoms with Gasteiger partial charge in [0, 0.05) is 17.5 Å². The van der Waals surface area contributed by atoms with Crippen LogP contribution in [0.3, 0.4) is 0 Å². The van der Waals surface area contributed by atoms with E-state index in [-0.39, 0.29) is 5.82 Å². The molecule has 1 aromatic rings. The third-order valence-electron chi connectivity index (χ3n) is 1.86. The molecule has 2 nitrogen and oxygen atoms in total. The Hall–Kier alpha value is -0.610. The van der Waals surface area contributed by atoms with Crippen molar-refractivity contribution in [3.63, 3.8) is 0 Å². The summed E-state index contributed by atoms with van der Waals surface area (Å²) >= 11 is 3.29. The molecular formula is C11H14BrFO2. The normalized spacial score (nSPS) is 10.3. The molecule has 4 heteroatoms. The predicted molar refractivity (Wildman–Crippen MR) is 61.0 cm³/mol. The lowest BCUT2D eigenvalue weighted by molar-refractivity contribution is 0.110. The first-order chi connectivity index (χ1) is 7.27. The molecule has 0 spiro atoms. The summed E-state index contributed by atoms with van der Waals surface area (Å²) in [4.78, 5) is 0. The van der Waals surface area contributed by atoms with Gasteiger partial charge in [-0.3, -0.25) is 0 Å². The highest BCUT2D eigenvalue weighted by Crippen LogP contribution is 2.21. The molecule has 0 radical (unpaired) electrons. The van der Waals surface area contributed by atoms with Crippen molar-refractivity contribution in [1.29, 1.82) is 0 Å². The molecule has 1 rings (SSSR count). The van der Waals surface area contributed by atoms with Crippen LogP contribution in [0.15, 0.2) is 18.2 Å². The van der Waals surface area contributed by atoms with Crippen LogP contribution in [-0.4, -0.2) is 19.8 Å². The van der Waals surface area contributed by atoms with Crippen LogP contribution in [0.2, 0.25) is 0 Å². The van der Waals surface area contributed by atoms with E-state index in [9.17, 15) is 4.39 Å². The number of hydrogen-bond donors (Lipinski definition) is 0. The van der Waals surface area contributed by atoms with Gasteiger partial charge < -0.3 is 9.47 Å². The molecule has 0 heterocycles. The van der Waals surface area contributed by atoms with E-state index < -0.39 is 0 Å². The van der Waals surface area contributed by atoms with Crippen LogP contribution >= 0.6 is 15.9 Å². The van der Waals surface area contributed by atoms with Gasteiger partial charge in [0.25, 0.3) is 0 Å². The first-order valence-corrected chi connectivity index (χ1v) is 5.95. The number of hydrogen-bond acceptors (Lipinski definition) is 2. The molecule has 0 saturated heterocycles. The molecule has 0 aliphatic rings. The van der Waals surface area contributed by atoms with Crippen molar-refractivity contribution in [1.82, 2.24) is 0 Å². The lowest BCUT2D eigenvalue weighted by Crippen LogP contribution is -2.07. The highest BCUT2D eigenvalue weighted by Gasteiger charge is 2.03. The van der Waals surface area contributed by atoms with Gasteiger partial charge in [-0.2, -0.15) is 0 Å². The van der Waals surface area contributed by atoms with E-state index in [4.69, 9.17) is 9.47 Å². The van der Waals surface area contributed by atoms with Crippen LogP contribution in [-0.2, 0) is 10.1 Å². The van der Waals surface area contributed by atoms with E-state index >= 15 is 0 Å². The van der Waals surface area contributed by atoms with Gasteiger partial charge in [-0.15, -0.1) is 0 Å². The molecule has 0 unspecified atom stereocenters. The van der Waals surface area contributed by atoms with Crippen LogP contribution in [0.25, 0.3) is 0 Å². The zero-order valence-corrected chi connectivity index (χ0v) is 10.2. The number of alkyl halides is 1. The van der Waals surface area contributed by atoms with E-state index in [0.29, 0.717) is 30.9 Å². The molecule has 0 saturated carbocycles. The second-order valence-corrected chi connectivity index (χ2v) is 3.49. The van der Waals surface area contributed by atoms with E-state index in [2.05, 4.69) is 15.9 Å². The van der Waals surface area contributed by atoms with E-state index in [1.165, 1.54) is 12.1 Å². The Kier molecular flexibility index (Phi) is 5.65. The van der Waals surface area contributed by atoms with Gasteiger partial charge in [0.2, 0.25) is 0 Å². The third kappa shape index (κ3) is 4.18. The van der Waals surface area contributed by atoms with E-state index in [1.54, 1.807) is 6.07 Å². The second-order valence-electron chi connectivity index (χ2n) is 2.93. The highest BCUT2D eigenvalue weighted by molar-refractivity contribution is 9.08. The molecule has 0 atom stereocenters. The maximum Gasteiger partial charge on any atom is 0.123 e. The van der Waals surface area contributed by atoms with Crippen molar-refractivity contribution < 1.29 is 13.9 Å². The van der Waals surface area contributed by atoms with Crippen LogP contribution in [0.4, 0.5) is 4.39 Å². The quantitative estimate of drug-likeness (QED) is 0.587. The van der Waals surface area contributed by atoms with Crippen LogP contribution in [0.5, 0.6) is 5.75 Å². The fraction of sp³-hybridized carbons (Fsp3) is 0.455. The summed E-state index contributed by atoms with van der Waals surface area (Å²) in [5.41, 5.74) is 0.812. The predicted octanol–water partition coefficient (Wildman–Crippen LogP) is 3.14. The maximum atomic E-state index is 12.9. The van der Waals surface area contributed by atoms with Crippen molar-refractivity contribution in [2.24, 2.45) is 0 Å². The molecule has 0 aliphatic carbocycles. The number of rotatable bonds is 6. The minimum absolute atomic E-state index is 0.249. The first kappa shape index (κ1) is 12.5. The second kappa shape index (κ2) is 6.80. The molecule has 0 bridgehead atoms. The van der Waals surface area contributed by atoms with E-state index in [1.807, 2.05) is 6.92 Å². The van der Waals surface area contributed by atoms with E-state index in [0.717, 1.165) is 5.56 Å². The fourth-order valence-corrected chi connectivity index (χ4v) is 1.59.